The summed E-state index contributed by atoms with van der Waals surface area (Å²) in [5, 5.41) is 15.1. The van der Waals surface area contributed by atoms with Crippen molar-refractivity contribution >= 4 is 17.3 Å². The van der Waals surface area contributed by atoms with Crippen molar-refractivity contribution in [1.82, 2.24) is 5.32 Å². The van der Waals surface area contributed by atoms with E-state index in [1.165, 1.54) is 6.07 Å². The summed E-state index contributed by atoms with van der Waals surface area (Å²) in [7, 11) is 0. The monoisotopic (exact) mass is 298 g/mol. The third-order valence-electron chi connectivity index (χ3n) is 3.60. The van der Waals surface area contributed by atoms with Crippen molar-refractivity contribution in [2.45, 2.75) is 46.1 Å². The molecule has 2 unspecified atom stereocenters. The number of hydrogen-bond acceptors (Lipinski definition) is 3. The van der Waals surface area contributed by atoms with E-state index in [1.807, 2.05) is 0 Å². The van der Waals surface area contributed by atoms with Gasteiger partial charge in [-0.3, -0.25) is 10.1 Å². The minimum absolute atomic E-state index is 0.120. The Morgan fingerprint density at radius 1 is 1.40 bits per heavy atom. The van der Waals surface area contributed by atoms with Crippen LogP contribution in [0.25, 0.3) is 0 Å². The molecule has 0 aliphatic rings. The molecule has 0 radical (unpaired) electrons. The summed E-state index contributed by atoms with van der Waals surface area (Å²) >= 11 is 6.14. The standard InChI is InChI=1S/C15H23ClN2O2/c1-4-9-17-14(5-2)11(3)10-12-13(16)7-6-8-15(12)18(19)20/h6-8,11,14,17H,4-5,9-10H2,1-3H3. The Labute approximate surface area is 125 Å². The highest BCUT2D eigenvalue weighted by atomic mass is 35.5. The third-order valence-corrected chi connectivity index (χ3v) is 3.95. The van der Waals surface area contributed by atoms with Crippen LogP contribution in [0.5, 0.6) is 0 Å². The third kappa shape index (κ3) is 4.46. The summed E-state index contributed by atoms with van der Waals surface area (Å²) in [6, 6.07) is 5.22. The number of nitrogens with zero attached hydrogens (tertiary/aromatic N) is 1. The Bertz CT molecular complexity index is 451. The van der Waals surface area contributed by atoms with Crippen LogP contribution in [0.3, 0.4) is 0 Å². The normalized spacial score (nSPS) is 14.0. The van der Waals surface area contributed by atoms with Gasteiger partial charge >= 0.3 is 0 Å². The van der Waals surface area contributed by atoms with Crippen LogP contribution in [0, 0.1) is 16.0 Å². The minimum Gasteiger partial charge on any atom is -0.314 e. The molecular formula is C15H23ClN2O2. The highest BCUT2D eigenvalue weighted by molar-refractivity contribution is 6.31. The number of hydrogen-bond donors (Lipinski definition) is 1. The summed E-state index contributed by atoms with van der Waals surface area (Å²) < 4.78 is 0. The Hall–Kier alpha value is -1.13. The number of benzene rings is 1. The lowest BCUT2D eigenvalue weighted by Crippen LogP contribution is -2.36. The maximum atomic E-state index is 11.1. The molecule has 1 N–H and O–H groups in total. The summed E-state index contributed by atoms with van der Waals surface area (Å²) in [5.74, 6) is 0.296. The average Bonchev–Trinajstić information content (AvgIpc) is 2.41. The molecule has 0 bridgehead atoms. The molecule has 1 aromatic carbocycles. The van der Waals surface area contributed by atoms with Gasteiger partial charge in [-0.05, 0) is 37.8 Å². The van der Waals surface area contributed by atoms with Gasteiger partial charge in [-0.25, -0.2) is 0 Å². The van der Waals surface area contributed by atoms with Crippen molar-refractivity contribution in [2.24, 2.45) is 5.92 Å². The summed E-state index contributed by atoms with van der Waals surface area (Å²) in [4.78, 5) is 10.7. The van der Waals surface area contributed by atoms with Gasteiger partial charge in [-0.15, -0.1) is 0 Å². The smallest absolute Gasteiger partial charge is 0.274 e. The van der Waals surface area contributed by atoms with Crippen LogP contribution < -0.4 is 5.32 Å². The Kier molecular flexibility index (Phi) is 6.96. The summed E-state index contributed by atoms with van der Waals surface area (Å²) in [6.45, 7) is 7.34. The van der Waals surface area contributed by atoms with Gasteiger partial charge in [0, 0.05) is 17.7 Å². The molecule has 112 valence electrons. The lowest BCUT2D eigenvalue weighted by molar-refractivity contribution is -0.385. The molecule has 0 amide bonds. The van der Waals surface area contributed by atoms with Gasteiger partial charge in [0.1, 0.15) is 0 Å². The molecule has 1 aromatic rings. The highest BCUT2D eigenvalue weighted by Crippen LogP contribution is 2.29. The summed E-state index contributed by atoms with van der Waals surface area (Å²) in [6.07, 6.45) is 2.69. The number of nitro benzene ring substituents is 1. The molecule has 0 saturated heterocycles. The fraction of sp³-hybridized carbons (Fsp3) is 0.600. The van der Waals surface area contributed by atoms with Crippen LogP contribution in [0.2, 0.25) is 5.02 Å². The second kappa shape index (κ2) is 8.22. The molecule has 0 fully saturated rings. The van der Waals surface area contributed by atoms with E-state index in [1.54, 1.807) is 12.1 Å². The maximum Gasteiger partial charge on any atom is 0.274 e. The van der Waals surface area contributed by atoms with Gasteiger partial charge in [0.05, 0.1) is 9.95 Å². The van der Waals surface area contributed by atoms with Crippen molar-refractivity contribution in [2.75, 3.05) is 6.54 Å². The molecule has 0 heterocycles. The number of halogens is 1. The summed E-state index contributed by atoms with van der Waals surface area (Å²) in [5.41, 5.74) is 0.762. The first kappa shape index (κ1) is 16.9. The van der Waals surface area contributed by atoms with Gasteiger partial charge in [-0.1, -0.05) is 38.4 Å². The topological polar surface area (TPSA) is 55.2 Å². The molecule has 0 aliphatic heterocycles. The van der Waals surface area contributed by atoms with E-state index >= 15 is 0 Å². The minimum atomic E-state index is -0.353. The molecule has 1 rings (SSSR count). The number of rotatable bonds is 8. The quantitative estimate of drug-likeness (QED) is 0.578. The lowest BCUT2D eigenvalue weighted by atomic mass is 9.91. The fourth-order valence-electron chi connectivity index (χ4n) is 2.46. The molecule has 0 aliphatic carbocycles. The molecule has 0 spiro atoms. The van der Waals surface area contributed by atoms with E-state index in [9.17, 15) is 10.1 Å². The van der Waals surface area contributed by atoms with E-state index < -0.39 is 0 Å². The van der Waals surface area contributed by atoms with E-state index in [-0.39, 0.29) is 10.6 Å². The molecule has 0 saturated carbocycles. The van der Waals surface area contributed by atoms with Crippen LogP contribution in [0.1, 0.15) is 39.2 Å². The van der Waals surface area contributed by atoms with Crippen molar-refractivity contribution < 1.29 is 4.92 Å². The van der Waals surface area contributed by atoms with E-state index in [0.717, 1.165) is 19.4 Å². The van der Waals surface area contributed by atoms with E-state index in [0.29, 0.717) is 29.0 Å². The van der Waals surface area contributed by atoms with Gasteiger partial charge in [0.15, 0.2) is 0 Å². The predicted molar refractivity (Wildman–Crippen MR) is 83.3 cm³/mol. The van der Waals surface area contributed by atoms with Crippen molar-refractivity contribution in [3.63, 3.8) is 0 Å². The predicted octanol–water partition coefficient (Wildman–Crippen LogP) is 4.21. The average molecular weight is 299 g/mol. The van der Waals surface area contributed by atoms with Gasteiger partial charge in [-0.2, -0.15) is 0 Å². The van der Waals surface area contributed by atoms with Crippen molar-refractivity contribution in [3.05, 3.63) is 38.9 Å². The zero-order valence-corrected chi connectivity index (χ0v) is 13.1. The van der Waals surface area contributed by atoms with E-state index in [4.69, 9.17) is 11.6 Å². The lowest BCUT2D eigenvalue weighted by Gasteiger charge is -2.24. The second-order valence-corrected chi connectivity index (χ2v) is 5.55. The molecular weight excluding hydrogens is 276 g/mol. The van der Waals surface area contributed by atoms with Crippen molar-refractivity contribution in [1.29, 1.82) is 0 Å². The fourth-order valence-corrected chi connectivity index (χ4v) is 2.71. The Morgan fingerprint density at radius 2 is 2.10 bits per heavy atom. The maximum absolute atomic E-state index is 11.1. The second-order valence-electron chi connectivity index (χ2n) is 5.14. The molecule has 4 nitrogen and oxygen atoms in total. The molecule has 2 atom stereocenters. The largest absolute Gasteiger partial charge is 0.314 e. The first-order valence-corrected chi connectivity index (χ1v) is 7.54. The van der Waals surface area contributed by atoms with Crippen LogP contribution in [-0.4, -0.2) is 17.5 Å². The Morgan fingerprint density at radius 3 is 2.65 bits per heavy atom. The van der Waals surface area contributed by atoms with Gasteiger partial charge < -0.3 is 5.32 Å². The first-order chi connectivity index (χ1) is 9.51. The zero-order valence-electron chi connectivity index (χ0n) is 12.4. The van der Waals surface area contributed by atoms with Gasteiger partial charge in [0.2, 0.25) is 0 Å². The molecule has 5 heteroatoms. The van der Waals surface area contributed by atoms with Crippen LogP contribution >= 0.6 is 11.6 Å². The molecule has 0 aromatic heterocycles. The first-order valence-electron chi connectivity index (χ1n) is 7.16. The Balaban J connectivity index is 2.88. The van der Waals surface area contributed by atoms with Crippen molar-refractivity contribution in [3.8, 4) is 0 Å². The van der Waals surface area contributed by atoms with Crippen LogP contribution in [0.15, 0.2) is 18.2 Å². The number of nitrogens with one attached hydrogen (secondary N) is 1. The van der Waals surface area contributed by atoms with Crippen LogP contribution in [0.4, 0.5) is 5.69 Å². The molecule has 20 heavy (non-hydrogen) atoms. The zero-order chi connectivity index (χ0) is 15.1. The van der Waals surface area contributed by atoms with E-state index in [2.05, 4.69) is 26.1 Å². The van der Waals surface area contributed by atoms with Gasteiger partial charge in [0.25, 0.3) is 5.69 Å². The SMILES string of the molecule is CCCNC(CC)C(C)Cc1c(Cl)cccc1[N+](=O)[O-]. The highest BCUT2D eigenvalue weighted by Gasteiger charge is 2.22. The number of nitro groups is 1. The van der Waals surface area contributed by atoms with Crippen LogP contribution in [-0.2, 0) is 6.42 Å².